The number of methoxy groups -OCH3 is 1. The summed E-state index contributed by atoms with van der Waals surface area (Å²) in [6.45, 7) is 0.174. The second-order valence-electron chi connectivity index (χ2n) is 6.38. The fraction of sp³-hybridized carbons (Fsp3) is 0.136. The number of hydrogen-bond donors (Lipinski definition) is 2. The quantitative estimate of drug-likeness (QED) is 0.591. The maximum atomic E-state index is 12.6. The smallest absolute Gasteiger partial charge is 0.335 e. The number of sulfonamides is 1. The molecular formula is C22H21NO5S. The molecule has 29 heavy (non-hydrogen) atoms. The van der Waals surface area contributed by atoms with Crippen LogP contribution in [0.5, 0.6) is 5.75 Å². The van der Waals surface area contributed by atoms with Crippen LogP contribution in [-0.4, -0.2) is 33.1 Å². The van der Waals surface area contributed by atoms with E-state index in [1.807, 2.05) is 54.6 Å². The summed E-state index contributed by atoms with van der Waals surface area (Å²) < 4.78 is 32.8. The molecule has 0 saturated carbocycles. The lowest BCUT2D eigenvalue weighted by Gasteiger charge is -2.12. The van der Waals surface area contributed by atoms with Crippen LogP contribution in [-0.2, 0) is 16.4 Å². The van der Waals surface area contributed by atoms with Crippen molar-refractivity contribution >= 4 is 16.0 Å². The van der Waals surface area contributed by atoms with E-state index in [9.17, 15) is 13.2 Å². The number of carboxylic acids is 1. The molecule has 0 amide bonds. The monoisotopic (exact) mass is 411 g/mol. The van der Waals surface area contributed by atoms with Crippen LogP contribution in [0.3, 0.4) is 0 Å². The largest absolute Gasteiger partial charge is 0.495 e. The molecular weight excluding hydrogens is 390 g/mol. The Kier molecular flexibility index (Phi) is 6.31. The van der Waals surface area contributed by atoms with Gasteiger partial charge in [0.1, 0.15) is 10.6 Å². The molecule has 150 valence electrons. The minimum absolute atomic E-state index is 0.0923. The SMILES string of the molecule is COc1ccc(C(=O)O)cc1S(=O)(=O)NCCc1ccc(-c2ccccc2)cc1. The molecule has 6 nitrogen and oxygen atoms in total. The van der Waals surface area contributed by atoms with E-state index in [1.165, 1.54) is 19.2 Å². The first-order valence-corrected chi connectivity index (χ1v) is 10.4. The maximum Gasteiger partial charge on any atom is 0.335 e. The number of nitrogens with one attached hydrogen (secondary N) is 1. The first kappa shape index (κ1) is 20.6. The number of rotatable bonds is 8. The van der Waals surface area contributed by atoms with Crippen LogP contribution < -0.4 is 9.46 Å². The fourth-order valence-corrected chi connectivity index (χ4v) is 4.15. The third kappa shape index (κ3) is 5.01. The number of aromatic carboxylic acids is 1. The van der Waals surface area contributed by atoms with E-state index in [-0.39, 0.29) is 22.8 Å². The van der Waals surface area contributed by atoms with Crippen LogP contribution in [0.1, 0.15) is 15.9 Å². The Morgan fingerprint density at radius 3 is 2.24 bits per heavy atom. The van der Waals surface area contributed by atoms with Crippen molar-refractivity contribution in [2.45, 2.75) is 11.3 Å². The van der Waals surface area contributed by atoms with E-state index in [2.05, 4.69) is 4.72 Å². The summed E-state index contributed by atoms with van der Waals surface area (Å²) in [4.78, 5) is 11.0. The minimum atomic E-state index is -3.92. The average Bonchev–Trinajstić information content (AvgIpc) is 2.74. The van der Waals surface area contributed by atoms with E-state index in [0.29, 0.717) is 6.42 Å². The van der Waals surface area contributed by atoms with Gasteiger partial charge in [0.25, 0.3) is 0 Å². The number of hydrogen-bond acceptors (Lipinski definition) is 4. The molecule has 7 heteroatoms. The Hall–Kier alpha value is -3.16. The molecule has 3 aromatic rings. The number of carboxylic acid groups (broad SMARTS) is 1. The molecule has 0 unspecified atom stereocenters. The second-order valence-corrected chi connectivity index (χ2v) is 8.12. The van der Waals surface area contributed by atoms with Crippen molar-refractivity contribution in [3.05, 3.63) is 83.9 Å². The number of benzene rings is 3. The summed E-state index contributed by atoms with van der Waals surface area (Å²) in [6, 6.07) is 21.6. The van der Waals surface area contributed by atoms with Crippen molar-refractivity contribution in [3.63, 3.8) is 0 Å². The van der Waals surface area contributed by atoms with Gasteiger partial charge < -0.3 is 9.84 Å². The molecule has 0 saturated heterocycles. The predicted molar refractivity (Wildman–Crippen MR) is 111 cm³/mol. The highest BCUT2D eigenvalue weighted by molar-refractivity contribution is 7.89. The van der Waals surface area contributed by atoms with Gasteiger partial charge in [-0.2, -0.15) is 0 Å². The molecule has 0 aromatic heterocycles. The summed E-state index contributed by atoms with van der Waals surface area (Å²) >= 11 is 0. The Balaban J connectivity index is 1.68. The summed E-state index contributed by atoms with van der Waals surface area (Å²) in [5, 5.41) is 9.11. The highest BCUT2D eigenvalue weighted by atomic mass is 32.2. The van der Waals surface area contributed by atoms with Gasteiger partial charge in [-0.25, -0.2) is 17.9 Å². The highest BCUT2D eigenvalue weighted by Crippen LogP contribution is 2.25. The molecule has 0 heterocycles. The van der Waals surface area contributed by atoms with Crippen molar-refractivity contribution in [2.75, 3.05) is 13.7 Å². The molecule has 0 radical (unpaired) electrons. The van der Waals surface area contributed by atoms with Crippen LogP contribution in [0.4, 0.5) is 0 Å². The first-order valence-electron chi connectivity index (χ1n) is 8.96. The van der Waals surface area contributed by atoms with Gasteiger partial charge in [-0.05, 0) is 41.3 Å². The number of ether oxygens (including phenoxy) is 1. The van der Waals surface area contributed by atoms with E-state index < -0.39 is 16.0 Å². The molecule has 2 N–H and O–H groups in total. The van der Waals surface area contributed by atoms with Crippen LogP contribution in [0.15, 0.2) is 77.7 Å². The molecule has 0 spiro atoms. The molecule has 3 aromatic carbocycles. The van der Waals surface area contributed by atoms with E-state index in [4.69, 9.17) is 9.84 Å². The minimum Gasteiger partial charge on any atom is -0.495 e. The first-order chi connectivity index (χ1) is 13.9. The van der Waals surface area contributed by atoms with Gasteiger partial charge in [0.05, 0.1) is 12.7 Å². The van der Waals surface area contributed by atoms with Crippen LogP contribution >= 0.6 is 0 Å². The van der Waals surface area contributed by atoms with Crippen LogP contribution in [0, 0.1) is 0 Å². The molecule has 0 aliphatic rings. The van der Waals surface area contributed by atoms with Crippen LogP contribution in [0.25, 0.3) is 11.1 Å². The van der Waals surface area contributed by atoms with Gasteiger partial charge in [-0.1, -0.05) is 54.6 Å². The van der Waals surface area contributed by atoms with E-state index >= 15 is 0 Å². The molecule has 0 atom stereocenters. The third-order valence-corrected chi connectivity index (χ3v) is 5.95. The van der Waals surface area contributed by atoms with Gasteiger partial charge >= 0.3 is 5.97 Å². The van der Waals surface area contributed by atoms with Gasteiger partial charge in [0.2, 0.25) is 10.0 Å². The Morgan fingerprint density at radius 2 is 1.62 bits per heavy atom. The highest BCUT2D eigenvalue weighted by Gasteiger charge is 2.21. The van der Waals surface area contributed by atoms with Gasteiger partial charge in [0.15, 0.2) is 0 Å². The van der Waals surface area contributed by atoms with Gasteiger partial charge in [-0.3, -0.25) is 0 Å². The standard InChI is InChI=1S/C22H21NO5S/c1-28-20-12-11-19(22(24)25)15-21(20)29(26,27)23-14-13-16-7-9-18(10-8-16)17-5-3-2-4-6-17/h2-12,15,23H,13-14H2,1H3,(H,24,25). The van der Waals surface area contributed by atoms with Crippen molar-refractivity contribution in [1.29, 1.82) is 0 Å². The summed E-state index contributed by atoms with van der Waals surface area (Å²) in [6.07, 6.45) is 0.495. The zero-order chi connectivity index (χ0) is 20.9. The molecule has 0 bridgehead atoms. The normalized spacial score (nSPS) is 11.2. The third-order valence-electron chi connectivity index (χ3n) is 4.47. The van der Waals surface area contributed by atoms with Gasteiger partial charge in [-0.15, -0.1) is 0 Å². The van der Waals surface area contributed by atoms with Gasteiger partial charge in [0, 0.05) is 6.54 Å². The van der Waals surface area contributed by atoms with Crippen LogP contribution in [0.2, 0.25) is 0 Å². The zero-order valence-electron chi connectivity index (χ0n) is 15.8. The molecule has 0 aliphatic carbocycles. The van der Waals surface area contributed by atoms with Crippen molar-refractivity contribution < 1.29 is 23.1 Å². The van der Waals surface area contributed by atoms with Crippen molar-refractivity contribution in [3.8, 4) is 16.9 Å². The topological polar surface area (TPSA) is 92.7 Å². The van der Waals surface area contributed by atoms with Crippen molar-refractivity contribution in [2.24, 2.45) is 0 Å². The summed E-state index contributed by atoms with van der Waals surface area (Å²) in [5.41, 5.74) is 3.07. The summed E-state index contributed by atoms with van der Waals surface area (Å²) in [7, 11) is -2.58. The maximum absolute atomic E-state index is 12.6. The fourth-order valence-electron chi connectivity index (χ4n) is 2.92. The van der Waals surface area contributed by atoms with E-state index in [1.54, 1.807) is 0 Å². The molecule has 0 fully saturated rings. The van der Waals surface area contributed by atoms with E-state index in [0.717, 1.165) is 22.8 Å². The molecule has 0 aliphatic heterocycles. The summed E-state index contributed by atoms with van der Waals surface area (Å²) in [5.74, 6) is -1.11. The van der Waals surface area contributed by atoms with Crippen molar-refractivity contribution in [1.82, 2.24) is 4.72 Å². The lowest BCUT2D eigenvalue weighted by atomic mass is 10.0. The average molecular weight is 411 g/mol. The second kappa shape index (κ2) is 8.89. The zero-order valence-corrected chi connectivity index (χ0v) is 16.6. The number of carbonyl (C=O) groups is 1. The Labute approximate surface area is 169 Å². The Morgan fingerprint density at radius 1 is 0.966 bits per heavy atom. The Bertz CT molecular complexity index is 1090. The lowest BCUT2D eigenvalue weighted by Crippen LogP contribution is -2.26. The molecule has 3 rings (SSSR count). The predicted octanol–water partition coefficient (Wildman–Crippen LogP) is 3.58. The lowest BCUT2D eigenvalue weighted by molar-refractivity contribution is 0.0696.